The Balaban J connectivity index is 1.82. The van der Waals surface area contributed by atoms with Gasteiger partial charge in [0, 0.05) is 11.6 Å². The second-order valence-electron chi connectivity index (χ2n) is 5.16. The van der Waals surface area contributed by atoms with Gasteiger partial charge in [-0.3, -0.25) is 4.79 Å². The van der Waals surface area contributed by atoms with Crippen LogP contribution in [0.3, 0.4) is 0 Å². The summed E-state index contributed by atoms with van der Waals surface area (Å²) in [5.74, 6) is 1.21. The molecule has 1 amide bonds. The highest BCUT2D eigenvalue weighted by Crippen LogP contribution is 2.22. The zero-order valence-corrected chi connectivity index (χ0v) is 13.0. The normalized spacial score (nSPS) is 15.0. The van der Waals surface area contributed by atoms with E-state index in [0.717, 1.165) is 18.4 Å². The van der Waals surface area contributed by atoms with Crippen molar-refractivity contribution in [3.05, 3.63) is 23.8 Å². The largest absolute Gasteiger partial charge is 0.497 e. The summed E-state index contributed by atoms with van der Waals surface area (Å²) in [6.07, 6.45) is 5.97. The van der Waals surface area contributed by atoms with Crippen LogP contribution in [-0.2, 0) is 9.63 Å². The molecule has 0 heterocycles. The van der Waals surface area contributed by atoms with Gasteiger partial charge in [0.05, 0.1) is 20.4 Å². The predicted molar refractivity (Wildman–Crippen MR) is 83.5 cm³/mol. The first-order valence-electron chi connectivity index (χ1n) is 7.39. The smallest absolute Gasteiger partial charge is 0.260 e. The Morgan fingerprint density at radius 3 is 2.77 bits per heavy atom. The Bertz CT molecular complexity index is 525. The summed E-state index contributed by atoms with van der Waals surface area (Å²) >= 11 is 0. The molecule has 1 saturated carbocycles. The second kappa shape index (κ2) is 8.26. The van der Waals surface area contributed by atoms with Crippen LogP contribution in [-0.4, -0.2) is 39.0 Å². The van der Waals surface area contributed by atoms with Gasteiger partial charge in [-0.2, -0.15) is 0 Å². The van der Waals surface area contributed by atoms with Crippen LogP contribution in [0.25, 0.3) is 0 Å². The van der Waals surface area contributed by atoms with Crippen LogP contribution in [0.15, 0.2) is 23.4 Å². The monoisotopic (exact) mass is 306 g/mol. The molecule has 0 aliphatic heterocycles. The van der Waals surface area contributed by atoms with E-state index >= 15 is 0 Å². The van der Waals surface area contributed by atoms with E-state index in [0.29, 0.717) is 17.5 Å². The fraction of sp³-hybridized carbons (Fsp3) is 0.500. The summed E-state index contributed by atoms with van der Waals surface area (Å²) in [6.45, 7) is -0.0840. The summed E-state index contributed by atoms with van der Waals surface area (Å²) in [4.78, 5) is 16.7. The number of nitrogens with one attached hydrogen (secondary N) is 1. The third-order valence-corrected chi connectivity index (χ3v) is 3.62. The molecule has 0 radical (unpaired) electrons. The highest BCUT2D eigenvalue weighted by atomic mass is 16.6. The van der Waals surface area contributed by atoms with Gasteiger partial charge in [0.1, 0.15) is 11.5 Å². The second-order valence-corrected chi connectivity index (χ2v) is 5.16. The lowest BCUT2D eigenvalue weighted by atomic mass is 10.2. The number of benzene rings is 1. The maximum absolute atomic E-state index is 11.7. The van der Waals surface area contributed by atoms with Gasteiger partial charge in [0.25, 0.3) is 5.91 Å². The number of hydrogen-bond donors (Lipinski definition) is 1. The van der Waals surface area contributed by atoms with Crippen molar-refractivity contribution in [2.24, 2.45) is 5.16 Å². The molecule has 0 bridgehead atoms. The van der Waals surface area contributed by atoms with Crippen LogP contribution >= 0.6 is 0 Å². The van der Waals surface area contributed by atoms with Crippen molar-refractivity contribution in [1.82, 2.24) is 5.32 Å². The predicted octanol–water partition coefficient (Wildman–Crippen LogP) is 2.11. The molecule has 1 aromatic rings. The number of methoxy groups -OCH3 is 2. The van der Waals surface area contributed by atoms with Crippen molar-refractivity contribution in [2.75, 3.05) is 20.8 Å². The molecule has 1 N–H and O–H groups in total. The molecule has 120 valence electrons. The third kappa shape index (κ3) is 4.65. The van der Waals surface area contributed by atoms with Gasteiger partial charge in [-0.1, -0.05) is 18.0 Å². The number of rotatable bonds is 7. The van der Waals surface area contributed by atoms with E-state index in [2.05, 4.69) is 10.5 Å². The van der Waals surface area contributed by atoms with Crippen LogP contribution in [0.2, 0.25) is 0 Å². The van der Waals surface area contributed by atoms with Crippen LogP contribution in [0.4, 0.5) is 0 Å². The summed E-state index contributed by atoms with van der Waals surface area (Å²) in [6, 6.07) is 5.65. The summed E-state index contributed by atoms with van der Waals surface area (Å²) < 4.78 is 10.4. The molecule has 6 heteroatoms. The summed E-state index contributed by atoms with van der Waals surface area (Å²) in [5, 5.41) is 6.75. The van der Waals surface area contributed by atoms with Crippen molar-refractivity contribution < 1.29 is 19.1 Å². The lowest BCUT2D eigenvalue weighted by Gasteiger charge is -2.10. The quantitative estimate of drug-likeness (QED) is 0.619. The summed E-state index contributed by atoms with van der Waals surface area (Å²) in [7, 11) is 3.17. The van der Waals surface area contributed by atoms with Gasteiger partial charge >= 0.3 is 0 Å². The van der Waals surface area contributed by atoms with Gasteiger partial charge in [-0.05, 0) is 31.0 Å². The van der Waals surface area contributed by atoms with E-state index in [-0.39, 0.29) is 12.5 Å². The van der Waals surface area contributed by atoms with Crippen LogP contribution < -0.4 is 14.8 Å². The third-order valence-electron chi connectivity index (χ3n) is 3.62. The molecular weight excluding hydrogens is 284 g/mol. The van der Waals surface area contributed by atoms with E-state index in [9.17, 15) is 4.79 Å². The molecule has 0 unspecified atom stereocenters. The maximum Gasteiger partial charge on any atom is 0.260 e. The SMILES string of the molecule is COc1ccc(OC)c(/C=N\OCC(=O)NC2CCCC2)c1. The minimum atomic E-state index is -0.137. The number of amides is 1. The van der Waals surface area contributed by atoms with Crippen molar-refractivity contribution in [2.45, 2.75) is 31.7 Å². The Hall–Kier alpha value is -2.24. The lowest BCUT2D eigenvalue weighted by molar-refractivity contribution is -0.126. The zero-order chi connectivity index (χ0) is 15.8. The van der Waals surface area contributed by atoms with Crippen molar-refractivity contribution >= 4 is 12.1 Å². The highest BCUT2D eigenvalue weighted by molar-refractivity contribution is 5.84. The Labute approximate surface area is 130 Å². The molecule has 1 aliphatic carbocycles. The van der Waals surface area contributed by atoms with Crippen molar-refractivity contribution in [1.29, 1.82) is 0 Å². The summed E-state index contributed by atoms with van der Waals surface area (Å²) in [5.41, 5.74) is 0.720. The zero-order valence-electron chi connectivity index (χ0n) is 13.0. The Morgan fingerprint density at radius 1 is 1.32 bits per heavy atom. The minimum Gasteiger partial charge on any atom is -0.497 e. The average Bonchev–Trinajstić information content (AvgIpc) is 3.04. The fourth-order valence-electron chi connectivity index (χ4n) is 2.47. The molecule has 22 heavy (non-hydrogen) atoms. The van der Waals surface area contributed by atoms with Crippen molar-refractivity contribution in [3.8, 4) is 11.5 Å². The molecule has 2 rings (SSSR count). The van der Waals surface area contributed by atoms with Crippen LogP contribution in [0.1, 0.15) is 31.2 Å². The highest BCUT2D eigenvalue weighted by Gasteiger charge is 2.16. The standard InChI is InChI=1S/C16H22N2O4/c1-20-14-7-8-15(21-2)12(9-14)10-17-22-11-16(19)18-13-5-3-4-6-13/h7-10,13H,3-6,11H2,1-2H3,(H,18,19)/b17-10-. The first kappa shape index (κ1) is 16.1. The maximum atomic E-state index is 11.7. The molecular formula is C16H22N2O4. The van der Waals surface area contributed by atoms with E-state index < -0.39 is 0 Å². The molecule has 1 fully saturated rings. The molecule has 0 spiro atoms. The van der Waals surface area contributed by atoms with Gasteiger partial charge < -0.3 is 19.6 Å². The first-order valence-corrected chi connectivity index (χ1v) is 7.39. The number of hydrogen-bond acceptors (Lipinski definition) is 5. The first-order chi connectivity index (χ1) is 10.7. The van der Waals surface area contributed by atoms with Crippen molar-refractivity contribution in [3.63, 3.8) is 0 Å². The number of nitrogens with zero attached hydrogens (tertiary/aromatic N) is 1. The molecule has 0 aromatic heterocycles. The van der Waals surface area contributed by atoms with Crippen LogP contribution in [0.5, 0.6) is 11.5 Å². The van der Waals surface area contributed by atoms with E-state index in [1.807, 2.05) is 0 Å². The van der Waals surface area contributed by atoms with E-state index in [1.54, 1.807) is 32.4 Å². The van der Waals surface area contributed by atoms with E-state index in [4.69, 9.17) is 14.3 Å². The number of oxime groups is 1. The van der Waals surface area contributed by atoms with Gasteiger partial charge in [-0.25, -0.2) is 0 Å². The number of carbonyl (C=O) groups is 1. The lowest BCUT2D eigenvalue weighted by Crippen LogP contribution is -2.34. The molecule has 1 aliphatic rings. The van der Waals surface area contributed by atoms with Gasteiger partial charge in [0.2, 0.25) is 0 Å². The topological polar surface area (TPSA) is 69.1 Å². The van der Waals surface area contributed by atoms with Gasteiger partial charge in [0.15, 0.2) is 6.61 Å². The number of carbonyl (C=O) groups excluding carboxylic acids is 1. The molecule has 1 aromatic carbocycles. The molecule has 6 nitrogen and oxygen atoms in total. The Morgan fingerprint density at radius 2 is 2.09 bits per heavy atom. The minimum absolute atomic E-state index is 0.0840. The Kier molecular flexibility index (Phi) is 6.06. The molecule has 0 saturated heterocycles. The number of ether oxygens (including phenoxy) is 2. The fourth-order valence-corrected chi connectivity index (χ4v) is 2.47. The van der Waals surface area contributed by atoms with Gasteiger partial charge in [-0.15, -0.1) is 0 Å². The average molecular weight is 306 g/mol. The molecule has 0 atom stereocenters. The van der Waals surface area contributed by atoms with Crippen LogP contribution in [0, 0.1) is 0 Å². The van der Waals surface area contributed by atoms with E-state index in [1.165, 1.54) is 19.1 Å².